The predicted octanol–water partition coefficient (Wildman–Crippen LogP) is 3.62. The Morgan fingerprint density at radius 3 is 2.85 bits per heavy atom. The van der Waals surface area contributed by atoms with E-state index in [1.807, 2.05) is 24.3 Å². The van der Waals surface area contributed by atoms with E-state index in [9.17, 15) is 4.79 Å². The highest BCUT2D eigenvalue weighted by Gasteiger charge is 2.18. The van der Waals surface area contributed by atoms with Gasteiger partial charge in [-0.15, -0.1) is 0 Å². The number of para-hydroxylation sites is 1. The van der Waals surface area contributed by atoms with Gasteiger partial charge < -0.3 is 0 Å². The van der Waals surface area contributed by atoms with Crippen molar-refractivity contribution in [3.8, 4) is 0 Å². The zero-order valence-electron chi connectivity index (χ0n) is 10.6. The van der Waals surface area contributed by atoms with Gasteiger partial charge in [-0.2, -0.15) is 0 Å². The quantitative estimate of drug-likeness (QED) is 0.726. The molecule has 0 unspecified atom stereocenters. The number of hydrogen-bond donors (Lipinski definition) is 0. The summed E-state index contributed by atoms with van der Waals surface area (Å²) in [5, 5.41) is 1.12. The van der Waals surface area contributed by atoms with E-state index in [0.717, 1.165) is 10.2 Å². The lowest BCUT2D eigenvalue weighted by Crippen LogP contribution is -2.26. The third-order valence-electron chi connectivity index (χ3n) is 2.82. The van der Waals surface area contributed by atoms with Crippen molar-refractivity contribution in [2.45, 2.75) is 0 Å². The van der Waals surface area contributed by atoms with Crippen LogP contribution in [0, 0.1) is 0 Å². The lowest BCUT2D eigenvalue weighted by atomic mass is 10.3. The van der Waals surface area contributed by atoms with Gasteiger partial charge in [0.05, 0.1) is 10.2 Å². The van der Waals surface area contributed by atoms with E-state index >= 15 is 0 Å². The Kier molecular flexibility index (Phi) is 3.38. The topological polar surface area (TPSA) is 46.1 Å². The molecule has 1 amide bonds. The number of anilines is 1. The zero-order chi connectivity index (χ0) is 14.1. The minimum atomic E-state index is -0.230. The van der Waals surface area contributed by atoms with Crippen molar-refractivity contribution in [1.29, 1.82) is 0 Å². The van der Waals surface area contributed by atoms with Crippen LogP contribution in [0.15, 0.2) is 42.6 Å². The summed E-state index contributed by atoms with van der Waals surface area (Å²) in [4.78, 5) is 22.3. The number of hydrogen-bond acceptors (Lipinski definition) is 4. The Balaban J connectivity index is 1.95. The number of nitrogens with zero attached hydrogens (tertiary/aromatic N) is 3. The third kappa shape index (κ3) is 2.37. The Bertz CT molecular complexity index is 754. The standard InChI is InChI=1S/C14H10ClN3OS/c1-18(13(19)11-8-9(15)6-7-16-11)14-17-10-4-2-3-5-12(10)20-14/h2-8H,1H3. The first-order valence-corrected chi connectivity index (χ1v) is 7.10. The van der Waals surface area contributed by atoms with Crippen LogP contribution in [0.3, 0.4) is 0 Å². The molecule has 0 aliphatic carbocycles. The van der Waals surface area contributed by atoms with Crippen molar-refractivity contribution < 1.29 is 4.79 Å². The smallest absolute Gasteiger partial charge is 0.278 e. The summed E-state index contributed by atoms with van der Waals surface area (Å²) >= 11 is 7.35. The van der Waals surface area contributed by atoms with Crippen LogP contribution in [0.4, 0.5) is 5.13 Å². The predicted molar refractivity (Wildman–Crippen MR) is 81.6 cm³/mol. The highest BCUT2D eigenvalue weighted by atomic mass is 35.5. The number of benzene rings is 1. The maximum atomic E-state index is 12.3. The van der Waals surface area contributed by atoms with Crippen molar-refractivity contribution in [3.63, 3.8) is 0 Å². The van der Waals surface area contributed by atoms with Crippen LogP contribution in [-0.2, 0) is 0 Å². The molecule has 1 aromatic carbocycles. The van der Waals surface area contributed by atoms with Gasteiger partial charge in [0.25, 0.3) is 5.91 Å². The summed E-state index contributed by atoms with van der Waals surface area (Å²) in [5.41, 5.74) is 1.19. The fourth-order valence-electron chi connectivity index (χ4n) is 1.78. The van der Waals surface area contributed by atoms with E-state index < -0.39 is 0 Å². The number of carbonyl (C=O) groups is 1. The molecule has 0 bridgehead atoms. The minimum Gasteiger partial charge on any atom is -0.286 e. The van der Waals surface area contributed by atoms with Gasteiger partial charge in [-0.1, -0.05) is 35.1 Å². The van der Waals surface area contributed by atoms with E-state index in [4.69, 9.17) is 11.6 Å². The van der Waals surface area contributed by atoms with Crippen molar-refractivity contribution in [3.05, 3.63) is 53.3 Å². The van der Waals surface area contributed by atoms with Gasteiger partial charge in [0.2, 0.25) is 0 Å². The van der Waals surface area contributed by atoms with E-state index in [0.29, 0.717) is 15.8 Å². The molecule has 0 N–H and O–H groups in total. The van der Waals surface area contributed by atoms with Crippen LogP contribution >= 0.6 is 22.9 Å². The summed E-state index contributed by atoms with van der Waals surface area (Å²) in [6.45, 7) is 0. The molecule has 0 fully saturated rings. The molecular weight excluding hydrogens is 294 g/mol. The van der Waals surface area contributed by atoms with Gasteiger partial charge in [0.15, 0.2) is 5.13 Å². The molecule has 2 aromatic heterocycles. The number of pyridine rings is 1. The molecule has 0 radical (unpaired) electrons. The van der Waals surface area contributed by atoms with Gasteiger partial charge in [0.1, 0.15) is 5.69 Å². The number of amides is 1. The molecule has 0 atom stereocenters. The summed E-state index contributed by atoms with van der Waals surface area (Å²) in [5.74, 6) is -0.230. The Morgan fingerprint density at radius 2 is 2.10 bits per heavy atom. The van der Waals surface area contributed by atoms with Crippen LogP contribution in [0.1, 0.15) is 10.5 Å². The summed E-state index contributed by atoms with van der Waals surface area (Å²) in [6.07, 6.45) is 1.52. The lowest BCUT2D eigenvalue weighted by Gasteiger charge is -2.12. The van der Waals surface area contributed by atoms with Crippen molar-refractivity contribution in [1.82, 2.24) is 9.97 Å². The molecule has 100 valence electrons. The first-order valence-electron chi connectivity index (χ1n) is 5.90. The van der Waals surface area contributed by atoms with E-state index in [1.54, 1.807) is 19.2 Å². The average Bonchev–Trinajstić information content (AvgIpc) is 2.89. The molecule has 6 heteroatoms. The largest absolute Gasteiger partial charge is 0.286 e. The van der Waals surface area contributed by atoms with Gasteiger partial charge in [-0.05, 0) is 24.3 Å². The molecule has 0 aliphatic rings. The molecule has 3 rings (SSSR count). The first kappa shape index (κ1) is 13.0. The molecule has 0 saturated carbocycles. The normalized spacial score (nSPS) is 10.7. The molecule has 4 nitrogen and oxygen atoms in total. The van der Waals surface area contributed by atoms with Gasteiger partial charge in [-0.25, -0.2) is 4.98 Å². The van der Waals surface area contributed by atoms with Crippen LogP contribution in [0.5, 0.6) is 0 Å². The molecule has 0 aliphatic heterocycles. The lowest BCUT2D eigenvalue weighted by molar-refractivity contribution is 0.0988. The van der Waals surface area contributed by atoms with Crippen LogP contribution in [0.25, 0.3) is 10.2 Å². The van der Waals surface area contributed by atoms with Crippen molar-refractivity contribution in [2.75, 3.05) is 11.9 Å². The number of fused-ring (bicyclic) bond motifs is 1. The number of halogens is 1. The highest BCUT2D eigenvalue weighted by molar-refractivity contribution is 7.22. The first-order chi connectivity index (χ1) is 9.65. The summed E-state index contributed by atoms with van der Waals surface area (Å²) < 4.78 is 1.04. The second kappa shape index (κ2) is 5.19. The SMILES string of the molecule is CN(C(=O)c1cc(Cl)ccn1)c1nc2ccccc2s1. The van der Waals surface area contributed by atoms with Crippen molar-refractivity contribution >= 4 is 44.2 Å². The van der Waals surface area contributed by atoms with E-state index in [-0.39, 0.29) is 5.91 Å². The Labute approximate surface area is 124 Å². The highest BCUT2D eigenvalue weighted by Crippen LogP contribution is 2.28. The minimum absolute atomic E-state index is 0.230. The van der Waals surface area contributed by atoms with E-state index in [2.05, 4.69) is 9.97 Å². The second-order valence-electron chi connectivity index (χ2n) is 4.19. The third-order valence-corrected chi connectivity index (χ3v) is 4.16. The van der Waals surface area contributed by atoms with Gasteiger partial charge in [-0.3, -0.25) is 14.7 Å². The van der Waals surface area contributed by atoms with Crippen LogP contribution in [0.2, 0.25) is 5.02 Å². The Morgan fingerprint density at radius 1 is 1.30 bits per heavy atom. The number of aromatic nitrogens is 2. The zero-order valence-corrected chi connectivity index (χ0v) is 12.1. The van der Waals surface area contributed by atoms with Crippen molar-refractivity contribution in [2.24, 2.45) is 0 Å². The molecule has 0 saturated heterocycles. The van der Waals surface area contributed by atoms with Crippen LogP contribution < -0.4 is 4.90 Å². The number of carbonyl (C=O) groups excluding carboxylic acids is 1. The molecule has 3 aromatic rings. The molecule has 2 heterocycles. The Hall–Kier alpha value is -1.98. The van der Waals surface area contributed by atoms with Gasteiger partial charge >= 0.3 is 0 Å². The monoisotopic (exact) mass is 303 g/mol. The molecular formula is C14H10ClN3OS. The molecule has 0 spiro atoms. The number of rotatable bonds is 2. The average molecular weight is 304 g/mol. The summed E-state index contributed by atoms with van der Waals surface area (Å²) in [6, 6.07) is 11.0. The van der Waals surface area contributed by atoms with E-state index in [1.165, 1.54) is 22.4 Å². The number of thiazole rings is 1. The van der Waals surface area contributed by atoms with Gasteiger partial charge in [0, 0.05) is 18.3 Å². The van der Waals surface area contributed by atoms with Crippen LogP contribution in [-0.4, -0.2) is 22.9 Å². The fraction of sp³-hybridized carbons (Fsp3) is 0.0714. The maximum Gasteiger partial charge on any atom is 0.278 e. The maximum absolute atomic E-state index is 12.3. The fourth-order valence-corrected chi connectivity index (χ4v) is 2.87. The molecule has 20 heavy (non-hydrogen) atoms. The summed E-state index contributed by atoms with van der Waals surface area (Å²) in [7, 11) is 1.68. The second-order valence-corrected chi connectivity index (χ2v) is 5.63.